The fraction of sp³-hybridized carbons (Fsp3) is 0.136. The summed E-state index contributed by atoms with van der Waals surface area (Å²) in [5.41, 5.74) is 8.99. The van der Waals surface area contributed by atoms with E-state index in [1.807, 2.05) is 43.3 Å². The number of nitrogen functional groups attached to an aromatic ring is 1. The SMILES string of the molecule is CCOc1nc(N)nc2ccc(-c3ccc(C(=O)NCc4ccco4)cc3)cc12. The van der Waals surface area contributed by atoms with Crippen molar-refractivity contribution in [3.05, 3.63) is 72.2 Å². The summed E-state index contributed by atoms with van der Waals surface area (Å²) in [6.45, 7) is 2.73. The highest BCUT2D eigenvalue weighted by molar-refractivity contribution is 5.95. The predicted molar refractivity (Wildman–Crippen MR) is 110 cm³/mol. The first-order valence-electron chi connectivity index (χ1n) is 9.25. The lowest BCUT2D eigenvalue weighted by atomic mass is 10.0. The fourth-order valence-electron chi connectivity index (χ4n) is 3.04. The molecule has 0 saturated heterocycles. The Morgan fingerprint density at radius 2 is 1.90 bits per heavy atom. The Morgan fingerprint density at radius 3 is 2.62 bits per heavy atom. The van der Waals surface area contributed by atoms with E-state index in [4.69, 9.17) is 14.9 Å². The first-order valence-corrected chi connectivity index (χ1v) is 9.25. The van der Waals surface area contributed by atoms with Crippen molar-refractivity contribution in [2.45, 2.75) is 13.5 Å². The molecule has 2 heterocycles. The van der Waals surface area contributed by atoms with Gasteiger partial charge in [0.2, 0.25) is 11.8 Å². The molecule has 0 radical (unpaired) electrons. The van der Waals surface area contributed by atoms with Crippen LogP contribution in [-0.2, 0) is 6.54 Å². The molecule has 1 amide bonds. The Balaban J connectivity index is 1.56. The van der Waals surface area contributed by atoms with E-state index in [2.05, 4.69) is 15.3 Å². The predicted octanol–water partition coefficient (Wildman–Crippen LogP) is 3.80. The third kappa shape index (κ3) is 4.03. The van der Waals surface area contributed by atoms with Gasteiger partial charge in [0, 0.05) is 5.56 Å². The molecule has 0 aliphatic rings. The molecule has 2 aromatic carbocycles. The first kappa shape index (κ1) is 18.5. The van der Waals surface area contributed by atoms with E-state index < -0.39 is 0 Å². The number of furan rings is 1. The lowest BCUT2D eigenvalue weighted by Gasteiger charge is -2.09. The minimum absolute atomic E-state index is 0.158. The summed E-state index contributed by atoms with van der Waals surface area (Å²) in [6, 6.07) is 16.8. The monoisotopic (exact) mass is 388 g/mol. The summed E-state index contributed by atoms with van der Waals surface area (Å²) in [4.78, 5) is 20.8. The van der Waals surface area contributed by atoms with Gasteiger partial charge in [0.1, 0.15) is 5.76 Å². The van der Waals surface area contributed by atoms with Gasteiger partial charge in [-0.1, -0.05) is 18.2 Å². The average Bonchev–Trinajstić information content (AvgIpc) is 3.26. The molecule has 7 heteroatoms. The number of nitrogens with zero attached hydrogens (tertiary/aromatic N) is 2. The van der Waals surface area contributed by atoms with Crippen molar-refractivity contribution < 1.29 is 13.9 Å². The van der Waals surface area contributed by atoms with Crippen LogP contribution in [-0.4, -0.2) is 22.5 Å². The molecule has 0 fully saturated rings. The van der Waals surface area contributed by atoms with Gasteiger partial charge < -0.3 is 20.2 Å². The van der Waals surface area contributed by atoms with Crippen LogP contribution in [0.1, 0.15) is 23.0 Å². The molecular formula is C22H20N4O3. The molecule has 7 nitrogen and oxygen atoms in total. The minimum atomic E-state index is -0.158. The van der Waals surface area contributed by atoms with Crippen molar-refractivity contribution in [1.29, 1.82) is 0 Å². The van der Waals surface area contributed by atoms with Crippen molar-refractivity contribution in [3.63, 3.8) is 0 Å². The van der Waals surface area contributed by atoms with Crippen molar-refractivity contribution in [3.8, 4) is 17.0 Å². The van der Waals surface area contributed by atoms with Crippen molar-refractivity contribution in [1.82, 2.24) is 15.3 Å². The number of benzene rings is 2. The standard InChI is InChI=1S/C22H20N4O3/c1-2-28-21-18-12-16(9-10-19(18)25-22(23)26-21)14-5-7-15(8-6-14)20(27)24-13-17-4-3-11-29-17/h3-12H,2,13H2,1H3,(H,24,27)(H2,23,25,26). The fourth-order valence-corrected chi connectivity index (χ4v) is 3.04. The van der Waals surface area contributed by atoms with E-state index >= 15 is 0 Å². The van der Waals surface area contributed by atoms with Crippen LogP contribution in [0, 0.1) is 0 Å². The van der Waals surface area contributed by atoms with Crippen LogP contribution >= 0.6 is 0 Å². The van der Waals surface area contributed by atoms with Gasteiger partial charge in [-0.15, -0.1) is 0 Å². The second-order valence-corrected chi connectivity index (χ2v) is 6.39. The van der Waals surface area contributed by atoms with E-state index in [9.17, 15) is 4.79 Å². The van der Waals surface area contributed by atoms with Crippen molar-refractivity contribution >= 4 is 22.8 Å². The first-order chi connectivity index (χ1) is 14.1. The number of ether oxygens (including phenoxy) is 1. The van der Waals surface area contributed by atoms with Crippen molar-refractivity contribution in [2.75, 3.05) is 12.3 Å². The Bertz CT molecular complexity index is 1140. The molecule has 0 spiro atoms. The zero-order valence-electron chi connectivity index (χ0n) is 15.9. The number of rotatable bonds is 6. The second-order valence-electron chi connectivity index (χ2n) is 6.39. The largest absolute Gasteiger partial charge is 0.477 e. The number of nitrogens with one attached hydrogen (secondary N) is 1. The van der Waals surface area contributed by atoms with E-state index in [0.717, 1.165) is 22.0 Å². The van der Waals surface area contributed by atoms with Gasteiger partial charge in [-0.25, -0.2) is 4.98 Å². The number of hydrogen-bond acceptors (Lipinski definition) is 6. The highest BCUT2D eigenvalue weighted by Crippen LogP contribution is 2.29. The maximum absolute atomic E-state index is 12.3. The quantitative estimate of drug-likeness (QED) is 0.521. The van der Waals surface area contributed by atoms with Crippen LogP contribution in [0.15, 0.2) is 65.3 Å². The summed E-state index contributed by atoms with van der Waals surface area (Å²) < 4.78 is 10.8. The molecule has 0 unspecified atom stereocenters. The lowest BCUT2D eigenvalue weighted by Crippen LogP contribution is -2.22. The third-order valence-electron chi connectivity index (χ3n) is 4.44. The molecular weight excluding hydrogens is 368 g/mol. The van der Waals surface area contributed by atoms with Gasteiger partial charge in [-0.05, 0) is 54.4 Å². The van der Waals surface area contributed by atoms with Gasteiger partial charge in [-0.2, -0.15) is 4.98 Å². The molecule has 0 bridgehead atoms. The summed E-state index contributed by atoms with van der Waals surface area (Å²) >= 11 is 0. The summed E-state index contributed by atoms with van der Waals surface area (Å²) in [5, 5.41) is 3.62. The van der Waals surface area contributed by atoms with Crippen LogP contribution in [0.4, 0.5) is 5.95 Å². The maximum Gasteiger partial charge on any atom is 0.251 e. The normalized spacial score (nSPS) is 10.8. The molecule has 4 aromatic rings. The number of fused-ring (bicyclic) bond motifs is 1. The Hall–Kier alpha value is -3.87. The van der Waals surface area contributed by atoms with Crippen LogP contribution in [0.25, 0.3) is 22.0 Å². The molecule has 2 aromatic heterocycles. The zero-order valence-corrected chi connectivity index (χ0v) is 15.9. The number of hydrogen-bond donors (Lipinski definition) is 2. The maximum atomic E-state index is 12.3. The lowest BCUT2D eigenvalue weighted by molar-refractivity contribution is 0.0948. The Labute approximate surface area is 167 Å². The second kappa shape index (κ2) is 8.02. The highest BCUT2D eigenvalue weighted by atomic mass is 16.5. The third-order valence-corrected chi connectivity index (χ3v) is 4.44. The smallest absolute Gasteiger partial charge is 0.251 e. The van der Waals surface area contributed by atoms with E-state index in [1.165, 1.54) is 0 Å². The van der Waals surface area contributed by atoms with E-state index in [0.29, 0.717) is 30.4 Å². The number of aromatic nitrogens is 2. The zero-order chi connectivity index (χ0) is 20.2. The van der Waals surface area contributed by atoms with Gasteiger partial charge in [0.15, 0.2) is 0 Å². The molecule has 3 N–H and O–H groups in total. The van der Waals surface area contributed by atoms with E-state index in [1.54, 1.807) is 24.5 Å². The summed E-state index contributed by atoms with van der Waals surface area (Å²) in [6.07, 6.45) is 1.58. The molecule has 4 rings (SSSR count). The molecule has 146 valence electrons. The highest BCUT2D eigenvalue weighted by Gasteiger charge is 2.10. The molecule has 0 aliphatic heterocycles. The van der Waals surface area contributed by atoms with Crippen LogP contribution in [0.5, 0.6) is 5.88 Å². The summed E-state index contributed by atoms with van der Waals surface area (Å²) in [7, 11) is 0. The Kier molecular flexibility index (Phi) is 5.11. The average molecular weight is 388 g/mol. The van der Waals surface area contributed by atoms with Crippen LogP contribution in [0.3, 0.4) is 0 Å². The van der Waals surface area contributed by atoms with Gasteiger partial charge in [0.25, 0.3) is 5.91 Å². The molecule has 29 heavy (non-hydrogen) atoms. The van der Waals surface area contributed by atoms with E-state index in [-0.39, 0.29) is 11.9 Å². The number of anilines is 1. The Morgan fingerprint density at radius 1 is 1.10 bits per heavy atom. The number of carbonyl (C=O) groups excluding carboxylic acids is 1. The van der Waals surface area contributed by atoms with Crippen LogP contribution in [0.2, 0.25) is 0 Å². The number of nitrogens with two attached hydrogens (primary N) is 1. The van der Waals surface area contributed by atoms with Gasteiger partial charge >= 0.3 is 0 Å². The minimum Gasteiger partial charge on any atom is -0.477 e. The molecule has 0 saturated carbocycles. The molecule has 0 atom stereocenters. The number of amides is 1. The number of carbonyl (C=O) groups is 1. The van der Waals surface area contributed by atoms with Crippen LogP contribution < -0.4 is 15.8 Å². The molecule has 0 aliphatic carbocycles. The van der Waals surface area contributed by atoms with Gasteiger partial charge in [0.05, 0.1) is 30.3 Å². The van der Waals surface area contributed by atoms with Crippen molar-refractivity contribution in [2.24, 2.45) is 0 Å². The van der Waals surface area contributed by atoms with Gasteiger partial charge in [-0.3, -0.25) is 4.79 Å². The topological polar surface area (TPSA) is 103 Å². The summed E-state index contributed by atoms with van der Waals surface area (Å²) in [5.74, 6) is 1.19.